The van der Waals surface area contributed by atoms with Crippen LogP contribution in [0.4, 0.5) is 0 Å². The normalized spacial score (nSPS) is 42.3. The Balaban J connectivity index is 1.61. The molecule has 3 heterocycles. The van der Waals surface area contributed by atoms with E-state index in [1.165, 1.54) is 6.92 Å². The van der Waals surface area contributed by atoms with Gasteiger partial charge >= 0.3 is 17.9 Å². The van der Waals surface area contributed by atoms with E-state index in [9.17, 15) is 19.5 Å². The maximum Gasteiger partial charge on any atom is 0.333 e. The quantitative estimate of drug-likeness (QED) is 0.168. The van der Waals surface area contributed by atoms with E-state index in [2.05, 4.69) is 27.7 Å². The SMILES string of the molecule is CC=C(C)C(=O)O[C@@H]1[C@@H]2OC[C@]3(C)[C@H](OC(C)=O)C[C@H](OC(=O)C(C)=CC)[C@@](C)([C@@H]23)[C@H]2C[C@@H](O)O[C@H]3C[C@@H](c4ccoc4)C(C)=C3[C@]12C. The number of rotatable bonds is 6. The fourth-order valence-electron chi connectivity index (χ4n) is 10.4. The molecule has 0 bridgehead atoms. The first-order valence-electron chi connectivity index (χ1n) is 17.2. The molecule has 0 spiro atoms. The molecule has 0 unspecified atom stereocenters. The van der Waals surface area contributed by atoms with E-state index in [0.717, 1.165) is 16.7 Å². The van der Waals surface area contributed by atoms with Gasteiger partial charge in [0.2, 0.25) is 0 Å². The molecule has 1 N–H and O–H groups in total. The van der Waals surface area contributed by atoms with Gasteiger partial charge in [0, 0.05) is 59.0 Å². The Kier molecular flexibility index (Phi) is 8.87. The number of carbonyl (C=O) groups excluding carboxylic acids is 3. The van der Waals surface area contributed by atoms with Crippen LogP contribution in [-0.4, -0.2) is 66.4 Å². The lowest BCUT2D eigenvalue weighted by Crippen LogP contribution is -2.72. The summed E-state index contributed by atoms with van der Waals surface area (Å²) in [4.78, 5) is 39.8. The zero-order valence-corrected chi connectivity index (χ0v) is 29.5. The van der Waals surface area contributed by atoms with Crippen LogP contribution in [0.3, 0.4) is 0 Å². The number of ether oxygens (including phenoxy) is 5. The lowest BCUT2D eigenvalue weighted by atomic mass is 9.39. The Bertz CT molecular complexity index is 1550. The van der Waals surface area contributed by atoms with Crippen molar-refractivity contribution in [3.63, 3.8) is 0 Å². The summed E-state index contributed by atoms with van der Waals surface area (Å²) >= 11 is 0. The fourth-order valence-corrected chi connectivity index (χ4v) is 10.4. The third-order valence-corrected chi connectivity index (χ3v) is 12.8. The van der Waals surface area contributed by atoms with Gasteiger partial charge in [0.25, 0.3) is 0 Å². The predicted octanol–water partition coefficient (Wildman–Crippen LogP) is 5.95. The second-order valence-electron chi connectivity index (χ2n) is 15.2. The molecule has 1 aromatic rings. The number of hydrogen-bond acceptors (Lipinski definition) is 10. The minimum Gasteiger partial charge on any atom is -0.472 e. The highest BCUT2D eigenvalue weighted by atomic mass is 16.6. The second kappa shape index (κ2) is 12.3. The molecule has 0 amide bonds. The lowest BCUT2D eigenvalue weighted by molar-refractivity contribution is -0.261. The van der Waals surface area contributed by atoms with Crippen molar-refractivity contribution in [3.05, 3.63) is 58.6 Å². The van der Waals surface area contributed by atoms with Crippen molar-refractivity contribution in [1.29, 1.82) is 0 Å². The number of aliphatic hydroxyl groups is 1. The molecule has 0 aromatic carbocycles. The molecule has 10 heteroatoms. The largest absolute Gasteiger partial charge is 0.472 e. The van der Waals surface area contributed by atoms with Crippen molar-refractivity contribution in [3.8, 4) is 0 Å². The number of fused-ring (bicyclic) bond motifs is 4. The smallest absolute Gasteiger partial charge is 0.333 e. The average Bonchev–Trinajstić information content (AvgIpc) is 3.75. The first kappa shape index (κ1) is 34.6. The van der Waals surface area contributed by atoms with Crippen LogP contribution in [0.25, 0.3) is 0 Å². The van der Waals surface area contributed by atoms with Gasteiger partial charge in [-0.2, -0.15) is 0 Å². The average molecular weight is 667 g/mol. The van der Waals surface area contributed by atoms with Crippen LogP contribution >= 0.6 is 0 Å². The van der Waals surface area contributed by atoms with Crippen LogP contribution in [0.15, 0.2) is 57.5 Å². The zero-order valence-electron chi connectivity index (χ0n) is 29.5. The van der Waals surface area contributed by atoms with Crippen LogP contribution < -0.4 is 0 Å². The standard InChI is InChI=1S/C38H50O10/c1-10-19(3)34(41)47-28-16-27(45-22(6)39)36(7)18-44-31-32(36)37(28,8)26-15-29(40)46-25-14-24(23-12-13-43-17-23)21(5)30(25)38(26,9)33(31)48-35(42)20(4)11-2/h10-13,17,24-29,31-33,40H,14-16,18H2,1-9H3/t24-,25+,26-,27-,28+,29+,31-,32+,33-,36-,37+,38-/m1/s1. The molecule has 5 aliphatic rings. The van der Waals surface area contributed by atoms with E-state index in [0.29, 0.717) is 17.6 Å². The molecule has 2 saturated carbocycles. The number of hydrogen-bond donors (Lipinski definition) is 1. The molecule has 0 radical (unpaired) electrons. The highest BCUT2D eigenvalue weighted by Crippen LogP contribution is 2.72. The monoisotopic (exact) mass is 666 g/mol. The third-order valence-electron chi connectivity index (χ3n) is 12.8. The number of aliphatic hydroxyl groups excluding tert-OH is 1. The van der Waals surface area contributed by atoms with Crippen molar-refractivity contribution in [2.75, 3.05) is 6.61 Å². The van der Waals surface area contributed by atoms with Crippen LogP contribution in [0.5, 0.6) is 0 Å². The summed E-state index contributed by atoms with van der Waals surface area (Å²) in [5.41, 5.74) is 1.53. The summed E-state index contributed by atoms with van der Waals surface area (Å²) in [5, 5.41) is 11.7. The van der Waals surface area contributed by atoms with Crippen LogP contribution in [0.2, 0.25) is 0 Å². The summed E-state index contributed by atoms with van der Waals surface area (Å²) < 4.78 is 37.8. The molecule has 1 aromatic heterocycles. The summed E-state index contributed by atoms with van der Waals surface area (Å²) in [6.07, 6.45) is 3.50. The Morgan fingerprint density at radius 3 is 2.21 bits per heavy atom. The summed E-state index contributed by atoms with van der Waals surface area (Å²) in [5.74, 6) is -2.18. The molecule has 2 aliphatic heterocycles. The van der Waals surface area contributed by atoms with Gasteiger partial charge < -0.3 is 33.2 Å². The highest BCUT2D eigenvalue weighted by Gasteiger charge is 2.77. The highest BCUT2D eigenvalue weighted by molar-refractivity contribution is 5.88. The predicted molar refractivity (Wildman–Crippen MR) is 174 cm³/mol. The summed E-state index contributed by atoms with van der Waals surface area (Å²) in [6.45, 7) is 17.0. The minimum atomic E-state index is -1.14. The maximum absolute atomic E-state index is 13.8. The maximum atomic E-state index is 13.8. The van der Waals surface area contributed by atoms with E-state index in [1.807, 2.05) is 6.07 Å². The van der Waals surface area contributed by atoms with E-state index in [4.69, 9.17) is 28.1 Å². The van der Waals surface area contributed by atoms with E-state index >= 15 is 0 Å². The molecule has 262 valence electrons. The zero-order chi connectivity index (χ0) is 34.9. The molecule has 48 heavy (non-hydrogen) atoms. The van der Waals surface area contributed by atoms with Gasteiger partial charge in [-0.3, -0.25) is 4.79 Å². The van der Waals surface area contributed by atoms with Gasteiger partial charge in [0.1, 0.15) is 18.3 Å². The topological polar surface area (TPSA) is 131 Å². The number of esters is 3. The molecule has 12 atom stereocenters. The number of furan rings is 1. The van der Waals surface area contributed by atoms with Crippen molar-refractivity contribution in [2.45, 2.75) is 124 Å². The number of carbonyl (C=O) groups is 3. The van der Waals surface area contributed by atoms with E-state index in [-0.39, 0.29) is 31.3 Å². The van der Waals surface area contributed by atoms with Gasteiger partial charge in [-0.1, -0.05) is 38.5 Å². The first-order chi connectivity index (χ1) is 22.6. The molecular formula is C38H50O10. The summed E-state index contributed by atoms with van der Waals surface area (Å²) in [7, 11) is 0. The Morgan fingerprint density at radius 1 is 0.938 bits per heavy atom. The molecule has 3 aliphatic carbocycles. The summed E-state index contributed by atoms with van der Waals surface area (Å²) in [6, 6.07) is 1.95. The molecule has 4 fully saturated rings. The molecular weight excluding hydrogens is 616 g/mol. The van der Waals surface area contributed by atoms with Gasteiger partial charge in [0.05, 0.1) is 31.3 Å². The van der Waals surface area contributed by atoms with Gasteiger partial charge in [-0.25, -0.2) is 9.59 Å². The van der Waals surface area contributed by atoms with Crippen molar-refractivity contribution in [2.24, 2.45) is 28.1 Å². The Morgan fingerprint density at radius 2 is 1.60 bits per heavy atom. The van der Waals surface area contributed by atoms with Gasteiger partial charge in [-0.15, -0.1) is 0 Å². The first-order valence-corrected chi connectivity index (χ1v) is 17.2. The fraction of sp³-hybridized carbons (Fsp3) is 0.658. The van der Waals surface area contributed by atoms with Crippen LogP contribution in [0, 0.1) is 28.1 Å². The van der Waals surface area contributed by atoms with E-state index < -0.39 is 76.9 Å². The van der Waals surface area contributed by atoms with Crippen LogP contribution in [-0.2, 0) is 38.1 Å². The minimum absolute atomic E-state index is 0.0360. The second-order valence-corrected chi connectivity index (χ2v) is 15.2. The van der Waals surface area contributed by atoms with Crippen molar-refractivity contribution in [1.82, 2.24) is 0 Å². The van der Waals surface area contributed by atoms with E-state index in [1.54, 1.807) is 52.4 Å². The Hall–Kier alpha value is -3.21. The molecule has 6 rings (SSSR count). The lowest BCUT2D eigenvalue weighted by Gasteiger charge is -2.66. The van der Waals surface area contributed by atoms with Gasteiger partial charge in [0.15, 0.2) is 6.29 Å². The number of allylic oxidation sites excluding steroid dienone is 3. The third kappa shape index (κ3) is 5.04. The van der Waals surface area contributed by atoms with Crippen molar-refractivity contribution < 1.29 is 47.6 Å². The van der Waals surface area contributed by atoms with Crippen LogP contribution in [0.1, 0.15) is 93.1 Å². The van der Waals surface area contributed by atoms with Gasteiger partial charge in [-0.05, 0) is 64.2 Å². The molecule has 10 nitrogen and oxygen atoms in total. The Labute approximate surface area is 282 Å². The molecule has 2 saturated heterocycles. The van der Waals surface area contributed by atoms with Crippen molar-refractivity contribution >= 4 is 17.9 Å².